The minimum atomic E-state index is -1.37. The van der Waals surface area contributed by atoms with Gasteiger partial charge in [-0.15, -0.1) is 5.10 Å². The molecule has 2 aromatic carbocycles. The molecule has 0 atom stereocenters. The van der Waals surface area contributed by atoms with Crippen molar-refractivity contribution in [3.05, 3.63) is 74.9 Å². The first kappa shape index (κ1) is 20.5. The number of aliphatic carboxylic acids is 1. The Morgan fingerprint density at radius 3 is 2.72 bits per heavy atom. The average molecular weight is 426 g/mol. The van der Waals surface area contributed by atoms with E-state index in [1.807, 2.05) is 0 Å². The molecule has 1 aromatic heterocycles. The minimum absolute atomic E-state index is 0.0884. The number of H-pyrrole nitrogens is 1. The van der Waals surface area contributed by atoms with E-state index in [2.05, 4.69) is 21.3 Å². The number of aryl methyl sites for hydroxylation is 1. The predicted octanol–water partition coefficient (Wildman–Crippen LogP) is 3.10. The molecule has 0 aliphatic carbocycles. The maximum Gasteiger partial charge on any atom is 0.213 e. The number of rotatable bonds is 7. The molecule has 0 amide bonds. The van der Waals surface area contributed by atoms with Gasteiger partial charge in [0.25, 0.3) is 0 Å². The summed E-state index contributed by atoms with van der Waals surface area (Å²) in [5.74, 6) is -0.348. The Bertz CT molecular complexity index is 1100. The van der Waals surface area contributed by atoms with E-state index in [1.54, 1.807) is 49.4 Å². The summed E-state index contributed by atoms with van der Waals surface area (Å²) in [5.41, 5.74) is 1.89. The van der Waals surface area contributed by atoms with E-state index < -0.39 is 5.97 Å². The van der Waals surface area contributed by atoms with Crippen molar-refractivity contribution in [2.45, 2.75) is 18.7 Å². The molecule has 0 aliphatic rings. The highest BCUT2D eigenvalue weighted by Gasteiger charge is 2.10. The summed E-state index contributed by atoms with van der Waals surface area (Å²) < 4.78 is 5.84. The van der Waals surface area contributed by atoms with Crippen LogP contribution in [-0.2, 0) is 11.4 Å². The molecule has 7 nitrogen and oxygen atoms in total. The number of nitriles is 1. The number of halogens is 1. The first-order valence-corrected chi connectivity index (χ1v) is 9.55. The number of nitrogens with zero attached hydrogens (tertiary/aromatic N) is 3. The van der Waals surface area contributed by atoms with Crippen LogP contribution in [0.1, 0.15) is 22.5 Å². The van der Waals surface area contributed by atoms with E-state index >= 15 is 0 Å². The highest BCUT2D eigenvalue weighted by Crippen LogP contribution is 2.30. The van der Waals surface area contributed by atoms with Crippen molar-refractivity contribution in [2.75, 3.05) is 0 Å². The lowest BCUT2D eigenvalue weighted by atomic mass is 10.1. The lowest BCUT2D eigenvalue weighted by Gasteiger charge is -2.12. The zero-order chi connectivity index (χ0) is 20.8. The molecule has 0 aliphatic heterocycles. The van der Waals surface area contributed by atoms with Gasteiger partial charge in [-0.2, -0.15) is 5.26 Å². The first-order chi connectivity index (χ1) is 13.9. The highest BCUT2D eigenvalue weighted by atomic mass is 35.5. The summed E-state index contributed by atoms with van der Waals surface area (Å²) in [6.07, 6.45) is 1.41. The molecule has 146 valence electrons. The van der Waals surface area contributed by atoms with Gasteiger partial charge in [0.1, 0.15) is 18.2 Å². The molecule has 0 fully saturated rings. The van der Waals surface area contributed by atoms with E-state index in [0.717, 1.165) is 17.3 Å². The van der Waals surface area contributed by atoms with Gasteiger partial charge in [0.15, 0.2) is 0 Å². The molecule has 0 saturated carbocycles. The lowest BCUT2D eigenvalue weighted by molar-refractivity contribution is -0.297. The van der Waals surface area contributed by atoms with Crippen LogP contribution in [0.25, 0.3) is 6.08 Å². The van der Waals surface area contributed by atoms with Gasteiger partial charge >= 0.3 is 0 Å². The smallest absolute Gasteiger partial charge is 0.213 e. The third-order valence-electron chi connectivity index (χ3n) is 3.71. The average Bonchev–Trinajstić information content (AvgIpc) is 3.12. The van der Waals surface area contributed by atoms with Gasteiger partial charge in [0, 0.05) is 15.5 Å². The summed E-state index contributed by atoms with van der Waals surface area (Å²) >= 11 is 6.94. The lowest BCUT2D eigenvalue weighted by Crippen LogP contribution is -2.23. The van der Waals surface area contributed by atoms with Crippen molar-refractivity contribution in [1.82, 2.24) is 15.2 Å². The first-order valence-electron chi connectivity index (χ1n) is 8.36. The summed E-state index contributed by atoms with van der Waals surface area (Å²) in [4.78, 5) is 15.6. The van der Waals surface area contributed by atoms with Crippen LogP contribution in [-0.4, -0.2) is 21.2 Å². The zero-order valence-electron chi connectivity index (χ0n) is 15.2. The number of aromatic nitrogens is 3. The summed E-state index contributed by atoms with van der Waals surface area (Å²) in [5, 5.41) is 27.7. The number of thioether (sulfide) groups is 1. The molecule has 29 heavy (non-hydrogen) atoms. The van der Waals surface area contributed by atoms with E-state index in [9.17, 15) is 9.90 Å². The third kappa shape index (κ3) is 5.60. The van der Waals surface area contributed by atoms with Crippen LogP contribution in [0.3, 0.4) is 0 Å². The molecule has 3 aromatic rings. The van der Waals surface area contributed by atoms with Gasteiger partial charge in [0.2, 0.25) is 5.16 Å². The number of aromatic amines is 1. The zero-order valence-corrected chi connectivity index (χ0v) is 16.8. The van der Waals surface area contributed by atoms with Gasteiger partial charge < -0.3 is 14.6 Å². The molecule has 1 heterocycles. The third-order valence-corrected chi connectivity index (χ3v) is 4.82. The van der Waals surface area contributed by atoms with Crippen LogP contribution in [0.15, 0.2) is 52.5 Å². The number of hydrogen-bond acceptors (Lipinski definition) is 7. The predicted molar refractivity (Wildman–Crippen MR) is 107 cm³/mol. The topological polar surface area (TPSA) is 115 Å². The number of carboxylic acids is 1. The van der Waals surface area contributed by atoms with Crippen molar-refractivity contribution in [1.29, 1.82) is 5.26 Å². The van der Waals surface area contributed by atoms with Crippen LogP contribution in [0.5, 0.6) is 5.75 Å². The molecule has 0 unspecified atom stereocenters. The van der Waals surface area contributed by atoms with Crippen molar-refractivity contribution in [3.63, 3.8) is 0 Å². The maximum atomic E-state index is 11.6. The van der Waals surface area contributed by atoms with Crippen molar-refractivity contribution in [3.8, 4) is 11.8 Å². The Balaban J connectivity index is 1.84. The quantitative estimate of drug-likeness (QED) is 0.456. The molecule has 0 spiro atoms. The second-order valence-corrected chi connectivity index (χ2v) is 7.33. The fraction of sp³-hybridized carbons (Fsp3) is 0.100. The van der Waals surface area contributed by atoms with E-state index in [4.69, 9.17) is 21.6 Å². The van der Waals surface area contributed by atoms with Crippen LogP contribution in [0, 0.1) is 18.3 Å². The number of hydrogen-bond donors (Lipinski definition) is 1. The van der Waals surface area contributed by atoms with Gasteiger partial charge in [-0.25, -0.2) is 4.98 Å². The summed E-state index contributed by atoms with van der Waals surface area (Å²) in [6.45, 7) is 1.95. The summed E-state index contributed by atoms with van der Waals surface area (Å²) in [6, 6.07) is 13.9. The van der Waals surface area contributed by atoms with Crippen molar-refractivity contribution >= 4 is 35.4 Å². The second kappa shape index (κ2) is 9.28. The van der Waals surface area contributed by atoms with E-state index in [0.29, 0.717) is 27.7 Å². The van der Waals surface area contributed by atoms with Gasteiger partial charge in [-0.3, -0.25) is 5.10 Å². The SMILES string of the molecule is Cc1nc(S/C(=C\c2cc(Cl)ccc2OCc2ccc(C#N)cc2)C(=O)[O-])n[nH]1. The Labute approximate surface area is 176 Å². The Hall–Kier alpha value is -3.28. The van der Waals surface area contributed by atoms with Gasteiger partial charge in [0.05, 0.1) is 17.6 Å². The molecule has 1 N–H and O–H groups in total. The number of nitrogens with one attached hydrogen (secondary N) is 1. The van der Waals surface area contributed by atoms with Gasteiger partial charge in [-0.05, 0) is 60.7 Å². The Morgan fingerprint density at radius 1 is 1.34 bits per heavy atom. The van der Waals surface area contributed by atoms with E-state index in [-0.39, 0.29) is 16.7 Å². The van der Waals surface area contributed by atoms with E-state index in [1.165, 1.54) is 6.08 Å². The van der Waals surface area contributed by atoms with Crippen LogP contribution >= 0.6 is 23.4 Å². The number of carbonyl (C=O) groups excluding carboxylic acids is 1. The summed E-state index contributed by atoms with van der Waals surface area (Å²) in [7, 11) is 0. The highest BCUT2D eigenvalue weighted by molar-refractivity contribution is 8.04. The molecule has 9 heteroatoms. The number of ether oxygens (including phenoxy) is 1. The maximum absolute atomic E-state index is 11.6. The Kier molecular flexibility index (Phi) is 6.54. The van der Waals surface area contributed by atoms with Crippen molar-refractivity contribution < 1.29 is 14.6 Å². The normalized spacial score (nSPS) is 11.1. The minimum Gasteiger partial charge on any atom is -0.544 e. The fourth-order valence-electron chi connectivity index (χ4n) is 2.34. The number of carbonyl (C=O) groups is 1. The van der Waals surface area contributed by atoms with Crippen LogP contribution in [0.2, 0.25) is 5.02 Å². The van der Waals surface area contributed by atoms with Crippen LogP contribution < -0.4 is 9.84 Å². The van der Waals surface area contributed by atoms with Crippen molar-refractivity contribution in [2.24, 2.45) is 0 Å². The molecule has 3 rings (SSSR count). The van der Waals surface area contributed by atoms with Gasteiger partial charge in [-0.1, -0.05) is 23.7 Å². The number of benzene rings is 2. The molecular weight excluding hydrogens is 412 g/mol. The molecule has 0 saturated heterocycles. The number of carboxylic acid groups (broad SMARTS) is 1. The largest absolute Gasteiger partial charge is 0.544 e. The van der Waals surface area contributed by atoms with Crippen LogP contribution in [0.4, 0.5) is 0 Å². The molecule has 0 radical (unpaired) electrons. The second-order valence-electron chi connectivity index (χ2n) is 5.88. The fourth-order valence-corrected chi connectivity index (χ4v) is 3.26. The molecule has 0 bridgehead atoms. The molecular formula is C20H14ClN4O3S-. The monoisotopic (exact) mass is 425 g/mol. The standard InChI is InChI=1S/C20H15ClN4O3S/c1-12-23-20(25-24-12)29-18(19(26)27)9-15-8-16(21)6-7-17(15)28-11-14-4-2-13(10-22)3-5-14/h2-9H,11H2,1H3,(H,26,27)(H,23,24,25)/p-1/b18-9-. The Morgan fingerprint density at radius 2 is 2.10 bits per heavy atom.